The quantitative estimate of drug-likeness (QED) is 0.763. The number of piperidine rings is 1. The molecule has 1 amide bonds. The van der Waals surface area contributed by atoms with E-state index in [1.165, 1.54) is 18.2 Å². The number of hydrogen-bond acceptors (Lipinski definition) is 4. The largest absolute Gasteiger partial charge is 0.341 e. The van der Waals surface area contributed by atoms with Gasteiger partial charge in [-0.25, -0.2) is 17.5 Å². The van der Waals surface area contributed by atoms with Crippen LogP contribution in [0.2, 0.25) is 0 Å². The molecule has 1 heterocycles. The Labute approximate surface area is 166 Å². The molecule has 6 nitrogen and oxygen atoms in total. The number of nitrogens with zero attached hydrogens (tertiary/aromatic N) is 1. The van der Waals surface area contributed by atoms with Crippen molar-refractivity contribution in [2.45, 2.75) is 55.5 Å². The fourth-order valence-corrected chi connectivity index (χ4v) is 5.19. The van der Waals surface area contributed by atoms with Gasteiger partial charge >= 0.3 is 0 Å². The zero-order valence-electron chi connectivity index (χ0n) is 15.1. The minimum atomic E-state index is -3.81. The molecule has 3 N–H and O–H groups in total. The summed E-state index contributed by atoms with van der Waals surface area (Å²) in [4.78, 5) is 14.2. The molecule has 27 heavy (non-hydrogen) atoms. The molecule has 0 radical (unpaired) electrons. The van der Waals surface area contributed by atoms with Gasteiger partial charge in [0.05, 0.1) is 4.90 Å². The van der Waals surface area contributed by atoms with Crippen molar-refractivity contribution in [3.05, 3.63) is 30.1 Å². The zero-order valence-corrected chi connectivity index (χ0v) is 16.8. The lowest BCUT2D eigenvalue weighted by molar-refractivity contribution is -0.133. The molecule has 152 valence electrons. The van der Waals surface area contributed by atoms with Crippen molar-refractivity contribution in [1.82, 2.24) is 9.62 Å². The number of rotatable bonds is 5. The number of amides is 1. The van der Waals surface area contributed by atoms with Crippen molar-refractivity contribution in [2.24, 2.45) is 11.7 Å². The van der Waals surface area contributed by atoms with Gasteiger partial charge < -0.3 is 10.6 Å². The van der Waals surface area contributed by atoms with Crippen molar-refractivity contribution in [3.63, 3.8) is 0 Å². The summed E-state index contributed by atoms with van der Waals surface area (Å²) in [6.07, 6.45) is 4.84. The standard InChI is InChI=1S/C18H26FN3O3S.ClH/c19-14-5-2-7-16(11-14)26(24,25)21-15-6-3-9-22(12-15)18(23)10-13-4-1-8-17(13)20;/h2,5,7,11,13,15,17,21H,1,3-4,6,8-10,12,20H2;1H/t13-,15?,17+;/m0./s1. The number of carbonyl (C=O) groups excluding carboxylic acids is 1. The van der Waals surface area contributed by atoms with E-state index in [0.29, 0.717) is 25.9 Å². The first-order chi connectivity index (χ1) is 12.3. The number of nitrogens with two attached hydrogens (primary N) is 1. The maximum atomic E-state index is 13.3. The zero-order chi connectivity index (χ0) is 18.7. The first kappa shape index (κ1) is 22.1. The van der Waals surface area contributed by atoms with Crippen molar-refractivity contribution in [3.8, 4) is 0 Å². The minimum Gasteiger partial charge on any atom is -0.341 e. The molecule has 1 aromatic carbocycles. The van der Waals surface area contributed by atoms with Crippen molar-refractivity contribution in [2.75, 3.05) is 13.1 Å². The van der Waals surface area contributed by atoms with Gasteiger partial charge in [-0.05, 0) is 49.8 Å². The fraction of sp³-hybridized carbons (Fsp3) is 0.611. The molecule has 1 aromatic rings. The van der Waals surface area contributed by atoms with Crippen LogP contribution in [0.15, 0.2) is 29.2 Å². The van der Waals surface area contributed by atoms with Gasteiger partial charge in [-0.1, -0.05) is 12.5 Å². The number of likely N-dealkylation sites (tertiary alicyclic amines) is 1. The third-order valence-electron chi connectivity index (χ3n) is 5.36. The Balaban J connectivity index is 0.00000261. The third-order valence-corrected chi connectivity index (χ3v) is 6.88. The SMILES string of the molecule is Cl.N[C@@H]1CCC[C@H]1CC(=O)N1CCCC(NS(=O)(=O)c2cccc(F)c2)C1. The Morgan fingerprint density at radius 1 is 1.26 bits per heavy atom. The van der Waals surface area contributed by atoms with Crippen molar-refractivity contribution in [1.29, 1.82) is 0 Å². The number of nitrogens with one attached hydrogen (secondary N) is 1. The molecule has 1 unspecified atom stereocenters. The van der Waals surface area contributed by atoms with Gasteiger partial charge in [0.15, 0.2) is 0 Å². The summed E-state index contributed by atoms with van der Waals surface area (Å²) >= 11 is 0. The predicted octanol–water partition coefficient (Wildman–Crippen LogP) is 2.03. The van der Waals surface area contributed by atoms with Crippen LogP contribution >= 0.6 is 12.4 Å². The Bertz CT molecular complexity index is 762. The maximum absolute atomic E-state index is 13.3. The van der Waals surface area contributed by atoms with E-state index in [0.717, 1.165) is 31.7 Å². The first-order valence-corrected chi connectivity index (χ1v) is 10.6. The average molecular weight is 420 g/mol. The Hall–Kier alpha value is -1.22. The molecule has 3 atom stereocenters. The monoisotopic (exact) mass is 419 g/mol. The molecule has 2 aliphatic rings. The van der Waals surface area contributed by atoms with Crippen LogP contribution in [0.3, 0.4) is 0 Å². The van der Waals surface area contributed by atoms with Gasteiger partial charge in [0.2, 0.25) is 15.9 Å². The highest BCUT2D eigenvalue weighted by molar-refractivity contribution is 7.89. The molecule has 0 spiro atoms. The van der Waals surface area contributed by atoms with Crippen LogP contribution in [-0.2, 0) is 14.8 Å². The summed E-state index contributed by atoms with van der Waals surface area (Å²) in [6, 6.07) is 4.65. The van der Waals surface area contributed by atoms with Gasteiger partial charge in [0.25, 0.3) is 0 Å². The summed E-state index contributed by atoms with van der Waals surface area (Å²) < 4.78 is 40.8. The van der Waals surface area contributed by atoms with E-state index < -0.39 is 15.8 Å². The second kappa shape index (κ2) is 9.32. The molecule has 1 saturated carbocycles. The van der Waals surface area contributed by atoms with E-state index >= 15 is 0 Å². The van der Waals surface area contributed by atoms with E-state index in [1.54, 1.807) is 4.90 Å². The van der Waals surface area contributed by atoms with Gasteiger partial charge in [0, 0.05) is 31.6 Å². The number of halogens is 2. The van der Waals surface area contributed by atoms with Crippen LogP contribution in [0.25, 0.3) is 0 Å². The maximum Gasteiger partial charge on any atom is 0.240 e. The molecule has 9 heteroatoms. The van der Waals surface area contributed by atoms with E-state index in [-0.39, 0.29) is 41.2 Å². The lowest BCUT2D eigenvalue weighted by Gasteiger charge is -2.34. The number of carbonyl (C=O) groups is 1. The molecule has 0 bridgehead atoms. The van der Waals surface area contributed by atoms with E-state index in [2.05, 4.69) is 4.72 Å². The smallest absolute Gasteiger partial charge is 0.240 e. The lowest BCUT2D eigenvalue weighted by Crippen LogP contribution is -2.50. The van der Waals surface area contributed by atoms with Gasteiger partial charge in [-0.2, -0.15) is 0 Å². The summed E-state index contributed by atoms with van der Waals surface area (Å²) in [5.74, 6) is -0.324. The fourth-order valence-electron chi connectivity index (χ4n) is 3.89. The molecule has 1 aliphatic heterocycles. The summed E-state index contributed by atoms with van der Waals surface area (Å²) in [5, 5.41) is 0. The van der Waals surface area contributed by atoms with Crippen molar-refractivity contribution >= 4 is 28.3 Å². The van der Waals surface area contributed by atoms with Crippen LogP contribution in [0, 0.1) is 11.7 Å². The third kappa shape index (κ3) is 5.63. The van der Waals surface area contributed by atoms with E-state index in [4.69, 9.17) is 5.73 Å². The highest BCUT2D eigenvalue weighted by atomic mass is 35.5. The second-order valence-corrected chi connectivity index (χ2v) is 9.03. The summed E-state index contributed by atoms with van der Waals surface area (Å²) in [7, 11) is -3.81. The second-order valence-electron chi connectivity index (χ2n) is 7.32. The predicted molar refractivity (Wildman–Crippen MR) is 104 cm³/mol. The van der Waals surface area contributed by atoms with E-state index in [1.807, 2.05) is 0 Å². The average Bonchev–Trinajstić information content (AvgIpc) is 2.99. The molecule has 2 fully saturated rings. The highest BCUT2D eigenvalue weighted by Crippen LogP contribution is 2.28. The van der Waals surface area contributed by atoms with Crippen LogP contribution < -0.4 is 10.5 Å². The van der Waals surface area contributed by atoms with Crippen molar-refractivity contribution < 1.29 is 17.6 Å². The van der Waals surface area contributed by atoms with Crippen LogP contribution in [0.5, 0.6) is 0 Å². The number of sulfonamides is 1. The normalized spacial score (nSPS) is 25.9. The molecular weight excluding hydrogens is 393 g/mol. The minimum absolute atomic E-state index is 0. The van der Waals surface area contributed by atoms with Crippen LogP contribution in [0.4, 0.5) is 4.39 Å². The summed E-state index contributed by atoms with van der Waals surface area (Å²) in [6.45, 7) is 0.980. The first-order valence-electron chi connectivity index (χ1n) is 9.16. The number of hydrogen-bond donors (Lipinski definition) is 2. The van der Waals surface area contributed by atoms with Crippen LogP contribution in [0.1, 0.15) is 38.5 Å². The van der Waals surface area contributed by atoms with Crippen LogP contribution in [-0.4, -0.2) is 44.4 Å². The van der Waals surface area contributed by atoms with Gasteiger partial charge in [-0.3, -0.25) is 4.79 Å². The molecular formula is C18H27ClFN3O3S. The topological polar surface area (TPSA) is 92.5 Å². The number of benzene rings is 1. The van der Waals surface area contributed by atoms with Gasteiger partial charge in [0.1, 0.15) is 5.82 Å². The molecule has 1 saturated heterocycles. The Morgan fingerprint density at radius 2 is 2.04 bits per heavy atom. The summed E-state index contributed by atoms with van der Waals surface area (Å²) in [5.41, 5.74) is 6.05. The lowest BCUT2D eigenvalue weighted by atomic mass is 9.98. The Morgan fingerprint density at radius 3 is 2.70 bits per heavy atom. The molecule has 3 rings (SSSR count). The van der Waals surface area contributed by atoms with E-state index in [9.17, 15) is 17.6 Å². The Kier molecular flexibility index (Phi) is 7.62. The molecule has 0 aromatic heterocycles. The van der Waals surface area contributed by atoms with Gasteiger partial charge in [-0.15, -0.1) is 12.4 Å². The molecule has 1 aliphatic carbocycles. The highest BCUT2D eigenvalue weighted by Gasteiger charge is 2.31.